The predicted molar refractivity (Wildman–Crippen MR) is 164 cm³/mol. The van der Waals surface area contributed by atoms with Crippen LogP contribution in [0.4, 0.5) is 0 Å². The first-order valence-electron chi connectivity index (χ1n) is 15.1. The second kappa shape index (κ2) is 14.2. The molecule has 39 heavy (non-hydrogen) atoms. The van der Waals surface area contributed by atoms with Crippen LogP contribution < -0.4 is 9.47 Å². The van der Waals surface area contributed by atoms with Crippen molar-refractivity contribution in [2.45, 2.75) is 119 Å². The van der Waals surface area contributed by atoms with Crippen molar-refractivity contribution in [1.29, 1.82) is 0 Å². The van der Waals surface area contributed by atoms with Gasteiger partial charge in [0.25, 0.3) is 0 Å². The summed E-state index contributed by atoms with van der Waals surface area (Å²) in [5, 5.41) is 0. The lowest BCUT2D eigenvalue weighted by Crippen LogP contribution is -2.38. The lowest BCUT2D eigenvalue weighted by molar-refractivity contribution is -0.117. The third kappa shape index (κ3) is 8.98. The summed E-state index contributed by atoms with van der Waals surface area (Å²) in [6.45, 7) is 18.0. The summed E-state index contributed by atoms with van der Waals surface area (Å²) in [5.41, 5.74) is 6.04. The van der Waals surface area contributed by atoms with Gasteiger partial charge in [0.2, 0.25) is 0 Å². The average Bonchev–Trinajstić information content (AvgIpc) is 2.87. The van der Waals surface area contributed by atoms with Crippen molar-refractivity contribution in [3.05, 3.63) is 70.3 Å². The molecular formula is C36H52O3. The Kier molecular flexibility index (Phi) is 11.3. The van der Waals surface area contributed by atoms with Gasteiger partial charge >= 0.3 is 0 Å². The largest absolute Gasteiger partial charge is 0.488 e. The smallest absolute Gasteiger partial charge is 0.130 e. The van der Waals surface area contributed by atoms with Crippen LogP contribution >= 0.6 is 0 Å². The fraction of sp³-hybridized carbons (Fsp3) is 0.583. The van der Waals surface area contributed by atoms with Crippen LogP contribution in [-0.2, 0) is 17.8 Å². The van der Waals surface area contributed by atoms with Gasteiger partial charge in [0.1, 0.15) is 29.5 Å². The van der Waals surface area contributed by atoms with Crippen LogP contribution in [0.15, 0.2) is 42.5 Å². The maximum Gasteiger partial charge on any atom is 0.130 e. The first kappa shape index (κ1) is 31.0. The molecule has 3 rings (SSSR count). The van der Waals surface area contributed by atoms with Crippen molar-refractivity contribution in [1.82, 2.24) is 0 Å². The number of ketones is 1. The van der Waals surface area contributed by atoms with Crippen molar-refractivity contribution < 1.29 is 14.3 Å². The molecule has 2 aromatic carbocycles. The van der Waals surface area contributed by atoms with Gasteiger partial charge in [-0.1, -0.05) is 82.5 Å². The number of hydrogen-bond acceptors (Lipinski definition) is 3. The van der Waals surface area contributed by atoms with Gasteiger partial charge in [0.15, 0.2) is 0 Å². The number of carbonyl (C=O) groups excluding carboxylic acids is 1. The van der Waals surface area contributed by atoms with E-state index < -0.39 is 0 Å². The van der Waals surface area contributed by atoms with Gasteiger partial charge in [-0.2, -0.15) is 0 Å². The van der Waals surface area contributed by atoms with Crippen LogP contribution in [0.5, 0.6) is 11.5 Å². The van der Waals surface area contributed by atoms with E-state index in [1.54, 1.807) is 6.92 Å². The summed E-state index contributed by atoms with van der Waals surface area (Å²) in [7, 11) is 0. The topological polar surface area (TPSA) is 35.5 Å². The highest BCUT2D eigenvalue weighted by Gasteiger charge is 2.35. The number of benzene rings is 2. The zero-order valence-electron chi connectivity index (χ0n) is 25.9. The summed E-state index contributed by atoms with van der Waals surface area (Å²) in [6.07, 6.45) is 13.2. The Labute approximate surface area is 238 Å². The predicted octanol–water partition coefficient (Wildman–Crippen LogP) is 9.67. The van der Waals surface area contributed by atoms with E-state index in [4.69, 9.17) is 9.47 Å². The molecule has 0 N–H and O–H groups in total. The molecular weight excluding hydrogens is 480 g/mol. The lowest BCUT2D eigenvalue weighted by Gasteiger charge is -2.39. The van der Waals surface area contributed by atoms with Gasteiger partial charge in [0, 0.05) is 12.0 Å². The molecule has 4 unspecified atom stereocenters. The van der Waals surface area contributed by atoms with E-state index in [9.17, 15) is 4.79 Å². The third-order valence-corrected chi connectivity index (χ3v) is 8.58. The highest BCUT2D eigenvalue weighted by atomic mass is 16.5. The van der Waals surface area contributed by atoms with Crippen molar-refractivity contribution in [2.75, 3.05) is 0 Å². The fourth-order valence-electron chi connectivity index (χ4n) is 6.21. The molecule has 0 radical (unpaired) electrons. The van der Waals surface area contributed by atoms with Gasteiger partial charge in [-0.15, -0.1) is 0 Å². The lowest BCUT2D eigenvalue weighted by atomic mass is 9.81. The molecule has 1 heterocycles. The van der Waals surface area contributed by atoms with Crippen LogP contribution in [0.3, 0.4) is 0 Å². The number of carbonyl (C=O) groups is 1. The van der Waals surface area contributed by atoms with Crippen LogP contribution in [-0.4, -0.2) is 11.4 Å². The van der Waals surface area contributed by atoms with E-state index in [2.05, 4.69) is 84.9 Å². The molecule has 4 atom stereocenters. The minimum absolute atomic E-state index is 0.121. The summed E-state index contributed by atoms with van der Waals surface area (Å²) >= 11 is 0. The summed E-state index contributed by atoms with van der Waals surface area (Å²) in [6, 6.07) is 10.4. The molecule has 0 spiro atoms. The zero-order valence-corrected chi connectivity index (χ0v) is 25.9. The average molecular weight is 533 g/mol. The molecule has 214 valence electrons. The molecule has 0 fully saturated rings. The monoisotopic (exact) mass is 532 g/mol. The van der Waals surface area contributed by atoms with Gasteiger partial charge in [-0.05, 0) is 100 Å². The number of allylic oxidation sites excluding steroid dienone is 2. The molecule has 0 saturated carbocycles. The van der Waals surface area contributed by atoms with E-state index in [1.165, 1.54) is 47.1 Å². The normalized spacial score (nSPS) is 19.3. The maximum absolute atomic E-state index is 11.3. The van der Waals surface area contributed by atoms with Gasteiger partial charge in [0.05, 0.1) is 0 Å². The van der Waals surface area contributed by atoms with Gasteiger partial charge in [-0.25, -0.2) is 0 Å². The highest BCUT2D eigenvalue weighted by Crippen LogP contribution is 2.45. The number of Topliss-reactive ketones (excluding diaryl/α,β-unsaturated/α-hetero) is 1. The standard InChI is InChI=1S/C36H52O3/c1-25(14-12-16-26(2)22-28(4)37)15-13-17-27(3)23-36(8)21-20-33-31(7)34(29(5)30(6)35(33)39-36)38-24-32-18-10-9-11-19-32/h9-12,16,18-19,25-27H,13-15,17,20-24H2,1-8H3. The molecule has 0 aliphatic carbocycles. The van der Waals surface area contributed by atoms with Crippen molar-refractivity contribution in [3.8, 4) is 11.5 Å². The Bertz CT molecular complexity index is 1120. The minimum Gasteiger partial charge on any atom is -0.488 e. The van der Waals surface area contributed by atoms with Crippen LogP contribution in [0, 0.1) is 38.5 Å². The van der Waals surface area contributed by atoms with Crippen LogP contribution in [0.2, 0.25) is 0 Å². The van der Waals surface area contributed by atoms with Crippen molar-refractivity contribution in [3.63, 3.8) is 0 Å². The molecule has 1 aliphatic rings. The Morgan fingerprint density at radius 2 is 1.72 bits per heavy atom. The second-order valence-electron chi connectivity index (χ2n) is 12.7. The van der Waals surface area contributed by atoms with Crippen LogP contribution in [0.1, 0.15) is 107 Å². The number of hydrogen-bond donors (Lipinski definition) is 0. The molecule has 2 aromatic rings. The Balaban J connectivity index is 1.53. The SMILES string of the molecule is CC(=O)CC(C)C=CCC(C)CCCC(C)CC1(C)CCc2c(C)c(OCc3ccccc3)c(C)c(C)c2O1. The van der Waals surface area contributed by atoms with E-state index in [1.807, 2.05) is 6.07 Å². The van der Waals surface area contributed by atoms with E-state index in [0.29, 0.717) is 30.8 Å². The molecule has 3 nitrogen and oxygen atoms in total. The van der Waals surface area contributed by atoms with Gasteiger partial charge in [-0.3, -0.25) is 0 Å². The Hall–Kier alpha value is -2.55. The minimum atomic E-state index is -0.121. The first-order chi connectivity index (χ1) is 18.5. The summed E-state index contributed by atoms with van der Waals surface area (Å²) in [4.78, 5) is 11.3. The Morgan fingerprint density at radius 1 is 1.03 bits per heavy atom. The number of fused-ring (bicyclic) bond motifs is 1. The molecule has 0 amide bonds. The molecule has 0 bridgehead atoms. The fourth-order valence-corrected chi connectivity index (χ4v) is 6.21. The van der Waals surface area contributed by atoms with Gasteiger partial charge < -0.3 is 14.3 Å². The van der Waals surface area contributed by atoms with E-state index >= 15 is 0 Å². The summed E-state index contributed by atoms with van der Waals surface area (Å²) < 4.78 is 13.2. The molecule has 3 heteroatoms. The zero-order chi connectivity index (χ0) is 28.6. The molecule has 1 aliphatic heterocycles. The van der Waals surface area contributed by atoms with E-state index in [0.717, 1.165) is 37.2 Å². The molecule has 0 saturated heterocycles. The Morgan fingerprint density at radius 3 is 2.41 bits per heavy atom. The number of rotatable bonds is 14. The van der Waals surface area contributed by atoms with Crippen LogP contribution in [0.25, 0.3) is 0 Å². The first-order valence-corrected chi connectivity index (χ1v) is 15.1. The van der Waals surface area contributed by atoms with Crippen molar-refractivity contribution >= 4 is 5.78 Å². The van der Waals surface area contributed by atoms with Crippen molar-refractivity contribution in [2.24, 2.45) is 17.8 Å². The number of ether oxygens (including phenoxy) is 2. The summed E-state index contributed by atoms with van der Waals surface area (Å²) in [5.74, 6) is 4.04. The highest BCUT2D eigenvalue weighted by molar-refractivity contribution is 5.75. The second-order valence-corrected chi connectivity index (χ2v) is 12.7. The maximum atomic E-state index is 11.3. The quantitative estimate of drug-likeness (QED) is 0.227. The third-order valence-electron chi connectivity index (χ3n) is 8.58. The molecule has 0 aromatic heterocycles. The van der Waals surface area contributed by atoms with E-state index in [-0.39, 0.29) is 11.4 Å².